The fraction of sp³-hybridized carbons (Fsp3) is 0.148. The van der Waals surface area contributed by atoms with Crippen molar-refractivity contribution in [1.82, 2.24) is 14.5 Å². The summed E-state index contributed by atoms with van der Waals surface area (Å²) >= 11 is 0. The predicted molar refractivity (Wildman–Crippen MR) is 126 cm³/mol. The molecular weight excluding hydrogens is 414 g/mol. The van der Waals surface area contributed by atoms with Crippen LogP contribution in [-0.2, 0) is 16.1 Å². The molecule has 33 heavy (non-hydrogen) atoms. The molecule has 0 bridgehead atoms. The summed E-state index contributed by atoms with van der Waals surface area (Å²) in [5, 5.41) is 13.2. The third-order valence-electron chi connectivity index (χ3n) is 6.05. The number of fused-ring (bicyclic) bond motifs is 1. The average Bonchev–Trinajstić information content (AvgIpc) is 3.46. The minimum absolute atomic E-state index is 0.129. The predicted octanol–water partition coefficient (Wildman–Crippen LogP) is 4.55. The lowest BCUT2D eigenvalue weighted by Gasteiger charge is -2.25. The maximum absolute atomic E-state index is 13.1. The lowest BCUT2D eigenvalue weighted by atomic mass is 9.93. The molecule has 1 saturated heterocycles. The van der Waals surface area contributed by atoms with Crippen molar-refractivity contribution in [2.45, 2.75) is 19.0 Å². The summed E-state index contributed by atoms with van der Waals surface area (Å²) in [4.78, 5) is 31.9. The van der Waals surface area contributed by atoms with Gasteiger partial charge in [-0.3, -0.25) is 9.59 Å². The fourth-order valence-electron chi connectivity index (χ4n) is 4.43. The summed E-state index contributed by atoms with van der Waals surface area (Å²) in [5.41, 5.74) is 1.44. The Hall–Kier alpha value is -4.19. The molecule has 2 heterocycles. The number of aliphatic hydroxyl groups excluding tert-OH is 1. The Morgan fingerprint density at radius 3 is 2.42 bits per heavy atom. The maximum atomic E-state index is 13.1. The van der Waals surface area contributed by atoms with Gasteiger partial charge in [-0.1, -0.05) is 66.7 Å². The van der Waals surface area contributed by atoms with E-state index in [0.717, 1.165) is 16.3 Å². The SMILES string of the molecule is O=C1C(=O)N(CCCn2ccnc2)C(c2ccc3ccccc3c2)C1=C(O)c1ccccc1. The van der Waals surface area contributed by atoms with E-state index in [1.54, 1.807) is 41.7 Å². The van der Waals surface area contributed by atoms with Gasteiger partial charge < -0.3 is 14.6 Å². The molecule has 5 rings (SSSR count). The number of amides is 1. The van der Waals surface area contributed by atoms with E-state index in [1.807, 2.05) is 59.3 Å². The maximum Gasteiger partial charge on any atom is 0.295 e. The first-order valence-electron chi connectivity index (χ1n) is 10.9. The van der Waals surface area contributed by atoms with Gasteiger partial charge in [-0.25, -0.2) is 4.98 Å². The highest BCUT2D eigenvalue weighted by atomic mass is 16.3. The Balaban J connectivity index is 1.58. The Kier molecular flexibility index (Phi) is 5.48. The molecule has 0 aliphatic carbocycles. The highest BCUT2D eigenvalue weighted by molar-refractivity contribution is 6.46. The first-order chi connectivity index (χ1) is 16.1. The zero-order valence-electron chi connectivity index (χ0n) is 18.0. The molecule has 6 nitrogen and oxygen atoms in total. The number of aryl methyl sites for hydroxylation is 1. The van der Waals surface area contributed by atoms with Crippen LogP contribution in [0.1, 0.15) is 23.6 Å². The van der Waals surface area contributed by atoms with Crippen molar-refractivity contribution in [2.75, 3.05) is 6.54 Å². The summed E-state index contributed by atoms with van der Waals surface area (Å²) in [5.74, 6) is -1.39. The number of nitrogens with zero attached hydrogens (tertiary/aromatic N) is 3. The minimum atomic E-state index is -0.655. The standard InChI is InChI=1S/C27H23N3O3/c31-25(20-8-2-1-3-9-20)23-24(22-12-11-19-7-4-5-10-21(19)17-22)30(27(33)26(23)32)15-6-14-29-16-13-28-18-29/h1-5,7-13,16-18,24,31H,6,14-15H2. The smallest absolute Gasteiger partial charge is 0.295 e. The molecule has 1 unspecified atom stereocenters. The van der Waals surface area contributed by atoms with Crippen molar-refractivity contribution < 1.29 is 14.7 Å². The van der Waals surface area contributed by atoms with Crippen LogP contribution in [-0.4, -0.2) is 37.8 Å². The third-order valence-corrected chi connectivity index (χ3v) is 6.05. The molecule has 3 aromatic carbocycles. The van der Waals surface area contributed by atoms with E-state index >= 15 is 0 Å². The van der Waals surface area contributed by atoms with E-state index < -0.39 is 17.7 Å². The quantitative estimate of drug-likeness (QED) is 0.273. The number of carbonyl (C=O) groups excluding carboxylic acids is 2. The monoisotopic (exact) mass is 437 g/mol. The van der Waals surface area contributed by atoms with Crippen molar-refractivity contribution in [3.8, 4) is 0 Å². The van der Waals surface area contributed by atoms with Crippen molar-refractivity contribution in [1.29, 1.82) is 0 Å². The van der Waals surface area contributed by atoms with Gasteiger partial charge in [-0.15, -0.1) is 0 Å². The first kappa shape index (κ1) is 20.7. The van der Waals surface area contributed by atoms with Crippen molar-refractivity contribution in [3.63, 3.8) is 0 Å². The van der Waals surface area contributed by atoms with Gasteiger partial charge in [0.2, 0.25) is 0 Å². The second kappa shape index (κ2) is 8.74. The van der Waals surface area contributed by atoms with E-state index in [4.69, 9.17) is 0 Å². The Morgan fingerprint density at radius 1 is 0.909 bits per heavy atom. The molecule has 0 radical (unpaired) electrons. The van der Waals surface area contributed by atoms with Crippen LogP contribution in [0.5, 0.6) is 0 Å². The first-order valence-corrected chi connectivity index (χ1v) is 10.9. The molecule has 1 aliphatic heterocycles. The zero-order valence-corrected chi connectivity index (χ0v) is 18.0. The Morgan fingerprint density at radius 2 is 1.67 bits per heavy atom. The molecule has 0 spiro atoms. The molecule has 1 amide bonds. The molecule has 4 aromatic rings. The number of aliphatic hydroxyl groups is 1. The van der Waals surface area contributed by atoms with Crippen LogP contribution in [0, 0.1) is 0 Å². The molecule has 6 heteroatoms. The van der Waals surface area contributed by atoms with Crippen LogP contribution in [0.15, 0.2) is 97.1 Å². The number of aromatic nitrogens is 2. The number of Topliss-reactive ketones (excluding diaryl/α,β-unsaturated/α-hetero) is 1. The van der Waals surface area contributed by atoms with Gasteiger partial charge in [0, 0.05) is 31.0 Å². The van der Waals surface area contributed by atoms with E-state index in [2.05, 4.69) is 4.98 Å². The largest absolute Gasteiger partial charge is 0.507 e. The van der Waals surface area contributed by atoms with Crippen LogP contribution < -0.4 is 0 Å². The Bertz CT molecular complexity index is 1340. The number of imidazole rings is 1. The second-order valence-electron chi connectivity index (χ2n) is 8.12. The van der Waals surface area contributed by atoms with Gasteiger partial charge in [0.1, 0.15) is 5.76 Å². The molecule has 0 saturated carbocycles. The second-order valence-corrected chi connectivity index (χ2v) is 8.12. The lowest BCUT2D eigenvalue weighted by Crippen LogP contribution is -2.31. The number of benzene rings is 3. The summed E-state index contributed by atoms with van der Waals surface area (Å²) in [7, 11) is 0. The highest BCUT2D eigenvalue weighted by Gasteiger charge is 2.45. The van der Waals surface area contributed by atoms with E-state index in [9.17, 15) is 14.7 Å². The van der Waals surface area contributed by atoms with Crippen LogP contribution in [0.2, 0.25) is 0 Å². The number of likely N-dealkylation sites (tertiary alicyclic amines) is 1. The topological polar surface area (TPSA) is 75.4 Å². The zero-order chi connectivity index (χ0) is 22.8. The van der Waals surface area contributed by atoms with E-state index in [0.29, 0.717) is 25.1 Å². The molecule has 1 N–H and O–H groups in total. The van der Waals surface area contributed by atoms with Crippen LogP contribution in [0.4, 0.5) is 0 Å². The van der Waals surface area contributed by atoms with Crippen LogP contribution >= 0.6 is 0 Å². The fourth-order valence-corrected chi connectivity index (χ4v) is 4.43. The van der Waals surface area contributed by atoms with Gasteiger partial charge in [0.25, 0.3) is 11.7 Å². The van der Waals surface area contributed by atoms with Gasteiger partial charge >= 0.3 is 0 Å². The molecule has 1 aromatic heterocycles. The number of ketones is 1. The van der Waals surface area contributed by atoms with Gasteiger partial charge in [0.05, 0.1) is 17.9 Å². The molecular formula is C27H23N3O3. The van der Waals surface area contributed by atoms with Crippen LogP contribution in [0.3, 0.4) is 0 Å². The van der Waals surface area contributed by atoms with Gasteiger partial charge in [-0.2, -0.15) is 0 Å². The summed E-state index contributed by atoms with van der Waals surface area (Å²) in [6.07, 6.45) is 5.95. The number of rotatable bonds is 6. The Labute approximate surface area is 191 Å². The summed E-state index contributed by atoms with van der Waals surface area (Å²) < 4.78 is 1.94. The molecule has 1 aliphatic rings. The van der Waals surface area contributed by atoms with Crippen LogP contribution in [0.25, 0.3) is 16.5 Å². The summed E-state index contributed by atoms with van der Waals surface area (Å²) in [6.45, 7) is 1.05. The summed E-state index contributed by atoms with van der Waals surface area (Å²) in [6, 6.07) is 22.1. The number of hydrogen-bond donors (Lipinski definition) is 1. The van der Waals surface area contributed by atoms with Crippen molar-refractivity contribution in [2.24, 2.45) is 0 Å². The molecule has 1 fully saturated rings. The minimum Gasteiger partial charge on any atom is -0.507 e. The average molecular weight is 437 g/mol. The third kappa shape index (κ3) is 3.91. The number of hydrogen-bond acceptors (Lipinski definition) is 4. The van der Waals surface area contributed by atoms with Crippen molar-refractivity contribution in [3.05, 3.63) is 108 Å². The van der Waals surface area contributed by atoms with Gasteiger partial charge in [-0.05, 0) is 28.8 Å². The normalized spacial score (nSPS) is 17.7. The van der Waals surface area contributed by atoms with E-state index in [-0.39, 0.29) is 11.3 Å². The number of carbonyl (C=O) groups is 2. The van der Waals surface area contributed by atoms with E-state index in [1.165, 1.54) is 0 Å². The van der Waals surface area contributed by atoms with Crippen molar-refractivity contribution >= 4 is 28.2 Å². The molecule has 1 atom stereocenters. The highest BCUT2D eigenvalue weighted by Crippen LogP contribution is 2.40. The van der Waals surface area contributed by atoms with Gasteiger partial charge in [0.15, 0.2) is 0 Å². The lowest BCUT2D eigenvalue weighted by molar-refractivity contribution is -0.139. The molecule has 164 valence electrons.